The van der Waals surface area contributed by atoms with Crippen LogP contribution in [0.2, 0.25) is 0 Å². The van der Waals surface area contributed by atoms with Crippen molar-refractivity contribution in [3.8, 4) is 5.75 Å². The molecule has 9 rings (SSSR count). The van der Waals surface area contributed by atoms with Crippen LogP contribution in [0.15, 0.2) is 48.0 Å². The molecule has 4 aliphatic heterocycles. The summed E-state index contributed by atoms with van der Waals surface area (Å²) in [4.78, 5) is 77.0. The van der Waals surface area contributed by atoms with Crippen LogP contribution in [0.1, 0.15) is 124 Å². The predicted octanol–water partition coefficient (Wildman–Crippen LogP) is 5.02. The molecule has 21 heteroatoms. The van der Waals surface area contributed by atoms with Crippen LogP contribution in [-0.4, -0.2) is 195 Å². The van der Waals surface area contributed by atoms with E-state index in [0.29, 0.717) is 92.3 Å². The fourth-order valence-corrected chi connectivity index (χ4v) is 12.4. The molecular formula is C56H78N14O6S. The summed E-state index contributed by atoms with van der Waals surface area (Å²) in [7, 11) is -3.81. The van der Waals surface area contributed by atoms with Gasteiger partial charge in [0.15, 0.2) is 15.6 Å². The topological polar surface area (TPSA) is 219 Å². The molecule has 414 valence electrons. The highest BCUT2D eigenvalue weighted by Crippen LogP contribution is 2.40. The molecule has 3 saturated heterocycles. The lowest BCUT2D eigenvalue weighted by molar-refractivity contribution is -0.120. The lowest BCUT2D eigenvalue weighted by Crippen LogP contribution is -2.63. The second-order valence-corrected chi connectivity index (χ2v) is 25.9. The van der Waals surface area contributed by atoms with Crippen LogP contribution in [0, 0.1) is 13.8 Å². The molecule has 4 aromatic heterocycles. The fraction of sp³-hybridized carbons (Fsp3) is 0.589. The molecule has 0 spiro atoms. The van der Waals surface area contributed by atoms with Crippen molar-refractivity contribution < 1.29 is 27.5 Å². The summed E-state index contributed by atoms with van der Waals surface area (Å²) >= 11 is 0. The zero-order valence-electron chi connectivity index (χ0n) is 46.7. The van der Waals surface area contributed by atoms with Crippen LogP contribution in [-0.2, 0) is 26.5 Å². The van der Waals surface area contributed by atoms with E-state index in [-0.39, 0.29) is 58.3 Å². The molecule has 0 aliphatic carbocycles. The zero-order valence-corrected chi connectivity index (χ0v) is 47.5. The number of amides is 2. The number of hydrogen-bond donors (Lipinski definition) is 2. The quantitative estimate of drug-likeness (QED) is 0.0922. The minimum atomic E-state index is -3.81. The minimum absolute atomic E-state index is 0.0281. The van der Waals surface area contributed by atoms with Gasteiger partial charge in [0.1, 0.15) is 17.0 Å². The largest absolute Gasteiger partial charge is 0.492 e. The maximum atomic E-state index is 14.2. The first kappa shape index (κ1) is 55.7. The Labute approximate surface area is 453 Å². The highest BCUT2D eigenvalue weighted by molar-refractivity contribution is 7.92. The van der Waals surface area contributed by atoms with Crippen molar-refractivity contribution in [2.75, 3.05) is 101 Å². The highest BCUT2D eigenvalue weighted by Gasteiger charge is 2.42. The van der Waals surface area contributed by atoms with Crippen LogP contribution in [0.3, 0.4) is 0 Å². The van der Waals surface area contributed by atoms with Crippen molar-refractivity contribution in [2.45, 2.75) is 128 Å². The summed E-state index contributed by atoms with van der Waals surface area (Å²) < 4.78 is 33.2. The average Bonchev–Trinajstić information content (AvgIpc) is 3.97. The van der Waals surface area contributed by atoms with Crippen molar-refractivity contribution in [3.05, 3.63) is 82.6 Å². The van der Waals surface area contributed by atoms with E-state index in [9.17, 15) is 22.8 Å². The van der Waals surface area contributed by atoms with E-state index >= 15 is 0 Å². The molecule has 4 aliphatic rings. The van der Waals surface area contributed by atoms with Crippen LogP contribution in [0.4, 0.5) is 11.6 Å². The monoisotopic (exact) mass is 1070 g/mol. The number of carbonyl (C=O) groups is 3. The van der Waals surface area contributed by atoms with Gasteiger partial charge in [-0.3, -0.25) is 39.2 Å². The fourth-order valence-electron chi connectivity index (χ4n) is 11.1. The number of pyridine rings is 1. The number of H-pyrrole nitrogens is 1. The maximum absolute atomic E-state index is 14.2. The Morgan fingerprint density at radius 1 is 0.870 bits per heavy atom. The third-order valence-corrected chi connectivity index (χ3v) is 18.5. The molecule has 77 heavy (non-hydrogen) atoms. The zero-order chi connectivity index (χ0) is 55.0. The first-order chi connectivity index (χ1) is 36.6. The number of aryl methyl sites for hydroxylation is 1. The van der Waals surface area contributed by atoms with Gasteiger partial charge in [-0.05, 0) is 79.0 Å². The van der Waals surface area contributed by atoms with Gasteiger partial charge in [0.2, 0.25) is 11.9 Å². The van der Waals surface area contributed by atoms with Gasteiger partial charge in [-0.1, -0.05) is 20.8 Å². The number of sulfone groups is 1. The van der Waals surface area contributed by atoms with Gasteiger partial charge in [0.25, 0.3) is 5.91 Å². The molecule has 8 heterocycles. The highest BCUT2D eigenvalue weighted by atomic mass is 32.2. The number of nitrogens with zero attached hydrogens (tertiary/aromatic N) is 12. The second-order valence-electron chi connectivity index (χ2n) is 23.3. The van der Waals surface area contributed by atoms with E-state index in [0.717, 1.165) is 80.6 Å². The molecule has 1 aromatic carbocycles. The summed E-state index contributed by atoms with van der Waals surface area (Å²) in [6.07, 6.45) is 8.74. The molecule has 0 saturated carbocycles. The van der Waals surface area contributed by atoms with Gasteiger partial charge in [0.05, 0.1) is 51.7 Å². The molecule has 3 fully saturated rings. The Hall–Kier alpha value is -6.00. The number of fused-ring (bicyclic) bond motifs is 2. The molecule has 0 unspecified atom stereocenters. The van der Waals surface area contributed by atoms with E-state index in [4.69, 9.17) is 19.7 Å². The van der Waals surface area contributed by atoms with Crippen molar-refractivity contribution in [2.24, 2.45) is 0 Å². The normalized spacial score (nSPS) is 20.7. The number of benzene rings is 1. The third-order valence-electron chi connectivity index (χ3n) is 16.0. The number of aromatic nitrogens is 7. The Balaban J connectivity index is 0.746. The number of anilines is 2. The third kappa shape index (κ3) is 12.0. The lowest BCUT2D eigenvalue weighted by atomic mass is 9.91. The molecule has 2 amide bonds. The lowest BCUT2D eigenvalue weighted by Gasteiger charge is -2.45. The van der Waals surface area contributed by atoms with E-state index in [2.05, 4.69) is 72.8 Å². The summed E-state index contributed by atoms with van der Waals surface area (Å²) in [6.45, 7) is 28.5. The van der Waals surface area contributed by atoms with Gasteiger partial charge in [0, 0.05) is 156 Å². The van der Waals surface area contributed by atoms with E-state index in [1.54, 1.807) is 51.5 Å². The van der Waals surface area contributed by atoms with E-state index in [1.807, 2.05) is 36.6 Å². The van der Waals surface area contributed by atoms with Gasteiger partial charge in [-0.2, -0.15) is 5.10 Å². The first-order valence-electron chi connectivity index (χ1n) is 27.4. The van der Waals surface area contributed by atoms with Gasteiger partial charge in [-0.15, -0.1) is 0 Å². The number of ether oxygens (including phenoxy) is 1. The number of nitrogens with one attached hydrogen (secondary N) is 2. The number of aromatic amines is 1. The molecule has 0 radical (unpaired) electrons. The SMILES string of the molecule is CCCC(=O)c1cnc2c(c1)N(C(=O)CN1C[C@@H](C)NC[C@@H]1CN1CCN(c3ncc(C(=O)N4CCN(CCCOc5cc6ncnc(Cc7n[nH]c(C)c7C)c6cc5S(=O)(=O)C(C)(C)C)CC4)cn3)C[C@H]1C)CC2(C)C. The molecular weight excluding hydrogens is 997 g/mol. The molecule has 5 aromatic rings. The Morgan fingerprint density at radius 2 is 1.61 bits per heavy atom. The number of hydrogen-bond acceptors (Lipinski definition) is 17. The summed E-state index contributed by atoms with van der Waals surface area (Å²) in [5.74, 6) is 0.859. The summed E-state index contributed by atoms with van der Waals surface area (Å²) in [5, 5.41) is 11.8. The van der Waals surface area contributed by atoms with Crippen LogP contribution < -0.4 is 19.9 Å². The Bertz CT molecular complexity index is 3080. The number of piperazine rings is 3. The van der Waals surface area contributed by atoms with Gasteiger partial charge >= 0.3 is 0 Å². The molecule has 0 bridgehead atoms. The Morgan fingerprint density at radius 3 is 2.30 bits per heavy atom. The van der Waals surface area contributed by atoms with Gasteiger partial charge in [-0.25, -0.2) is 28.4 Å². The van der Waals surface area contributed by atoms with Crippen LogP contribution in [0.5, 0.6) is 5.75 Å². The smallest absolute Gasteiger partial charge is 0.257 e. The number of rotatable bonds is 17. The molecule has 20 nitrogen and oxygen atoms in total. The Kier molecular flexibility index (Phi) is 16.5. The maximum Gasteiger partial charge on any atom is 0.257 e. The van der Waals surface area contributed by atoms with Crippen molar-refractivity contribution in [1.82, 2.24) is 60.0 Å². The predicted molar refractivity (Wildman–Crippen MR) is 297 cm³/mol. The second kappa shape index (κ2) is 22.8. The van der Waals surface area contributed by atoms with Crippen molar-refractivity contribution >= 4 is 50.0 Å². The van der Waals surface area contributed by atoms with E-state index < -0.39 is 14.6 Å². The van der Waals surface area contributed by atoms with Crippen LogP contribution >= 0.6 is 0 Å². The van der Waals surface area contributed by atoms with Crippen molar-refractivity contribution in [1.29, 1.82) is 0 Å². The number of Topliss-reactive ketones (excluding diaryl/α,β-unsaturated/α-hetero) is 1. The summed E-state index contributed by atoms with van der Waals surface area (Å²) in [6, 6.07) is 5.81. The molecule has 3 atom stereocenters. The average molecular weight is 1080 g/mol. The standard InChI is InChI=1S/C56H78N14O6S/c1-11-13-48(71)40-22-47-52(58-26-40)56(9,10)34-70(47)51(72)33-69-30-36(2)57-29-42(69)32-67-19-20-68(31-37(67)3)54-59-27-41(28-60-54)53(73)66-17-15-65(16-18-66)14-12-21-76-49-25-46-43(23-50(49)77(74,75)55(6,7)8)45(61-35-62-46)24-44-38(4)39(5)63-64-44/h22-23,25-28,35-37,42,57H,11-21,24,29-34H2,1-10H3,(H,63,64)/t36-,37-,42-/m1/s1. The van der Waals surface area contributed by atoms with Crippen molar-refractivity contribution in [3.63, 3.8) is 0 Å². The van der Waals surface area contributed by atoms with Gasteiger partial charge < -0.3 is 24.8 Å². The van der Waals surface area contributed by atoms with E-state index in [1.165, 1.54) is 6.33 Å². The first-order valence-corrected chi connectivity index (χ1v) is 28.9. The minimum Gasteiger partial charge on any atom is -0.492 e. The summed E-state index contributed by atoms with van der Waals surface area (Å²) in [5.41, 5.74) is 6.46. The van der Waals surface area contributed by atoms with Crippen LogP contribution in [0.25, 0.3) is 10.9 Å². The molecule has 2 N–H and O–H groups in total. The number of ketones is 1. The number of carbonyl (C=O) groups excluding carboxylic acids is 3.